The van der Waals surface area contributed by atoms with Crippen LogP contribution in [0.2, 0.25) is 5.02 Å². The summed E-state index contributed by atoms with van der Waals surface area (Å²) in [5.74, 6) is -0.169. The molecule has 1 N–H and O–H groups in total. The van der Waals surface area contributed by atoms with Crippen molar-refractivity contribution < 1.29 is 22.7 Å². The topological polar surface area (TPSA) is 96.0 Å². The third kappa shape index (κ3) is 7.64. The number of ether oxygens (including phenoxy) is 1. The first-order valence-electron chi connectivity index (χ1n) is 10.5. The van der Waals surface area contributed by atoms with Crippen molar-refractivity contribution in [1.29, 1.82) is 0 Å². The van der Waals surface area contributed by atoms with E-state index in [2.05, 4.69) is 5.32 Å². The Hall–Kier alpha value is -2.78. The number of sulfonamides is 1. The largest absolute Gasteiger partial charge is 0.497 e. The van der Waals surface area contributed by atoms with Gasteiger partial charge >= 0.3 is 0 Å². The average molecular weight is 496 g/mol. The van der Waals surface area contributed by atoms with Crippen molar-refractivity contribution in [2.75, 3.05) is 30.8 Å². The zero-order chi connectivity index (χ0) is 24.6. The highest BCUT2D eigenvalue weighted by Crippen LogP contribution is 2.23. The summed E-state index contributed by atoms with van der Waals surface area (Å²) in [4.78, 5) is 27.4. The molecule has 0 spiro atoms. The van der Waals surface area contributed by atoms with Crippen molar-refractivity contribution in [3.8, 4) is 5.75 Å². The minimum Gasteiger partial charge on any atom is -0.497 e. The first-order valence-corrected chi connectivity index (χ1v) is 12.7. The summed E-state index contributed by atoms with van der Waals surface area (Å²) in [5.41, 5.74) is 1.04. The quantitative estimate of drug-likeness (QED) is 0.517. The van der Waals surface area contributed by atoms with Crippen molar-refractivity contribution in [2.45, 2.75) is 32.9 Å². The second-order valence-electron chi connectivity index (χ2n) is 7.59. The fourth-order valence-corrected chi connectivity index (χ4v) is 4.18. The average Bonchev–Trinajstić information content (AvgIpc) is 2.78. The second-order valence-corrected chi connectivity index (χ2v) is 9.93. The molecule has 2 aromatic rings. The fraction of sp³-hybridized carbons (Fsp3) is 0.391. The normalized spacial score (nSPS) is 12.0. The Morgan fingerprint density at radius 1 is 1.15 bits per heavy atom. The Balaban J connectivity index is 2.36. The van der Waals surface area contributed by atoms with Gasteiger partial charge < -0.3 is 15.0 Å². The fourth-order valence-electron chi connectivity index (χ4n) is 3.15. The zero-order valence-electron chi connectivity index (χ0n) is 19.2. The Labute approximate surface area is 200 Å². The third-order valence-corrected chi connectivity index (χ3v) is 6.38. The van der Waals surface area contributed by atoms with Crippen molar-refractivity contribution >= 4 is 39.1 Å². The maximum Gasteiger partial charge on any atom is 0.244 e. The highest BCUT2D eigenvalue weighted by molar-refractivity contribution is 7.92. The number of methoxy groups -OCH3 is 1. The SMILES string of the molecule is CCCNC(=O)[C@H](C)N(Cc1ccc(OC)cc1)C(=O)CN(c1cccc(Cl)c1)S(C)(=O)=O. The standard InChI is InChI=1S/C23H30ClN3O5S/c1-5-13-25-23(29)17(2)26(15-18-9-11-21(32-3)12-10-18)22(28)16-27(33(4,30)31)20-8-6-7-19(24)14-20/h6-12,14,17H,5,13,15-16H2,1-4H3,(H,25,29)/t17-/m0/s1. The monoisotopic (exact) mass is 495 g/mol. The number of rotatable bonds is 11. The molecule has 2 rings (SSSR count). The molecule has 0 aliphatic heterocycles. The number of carbonyl (C=O) groups is 2. The number of nitrogens with zero attached hydrogens (tertiary/aromatic N) is 2. The van der Waals surface area contributed by atoms with E-state index in [1.807, 2.05) is 6.92 Å². The molecule has 10 heteroatoms. The van der Waals surface area contributed by atoms with E-state index in [-0.39, 0.29) is 18.1 Å². The highest BCUT2D eigenvalue weighted by atomic mass is 35.5. The van der Waals surface area contributed by atoms with Crippen LogP contribution in [0.4, 0.5) is 5.69 Å². The predicted octanol–water partition coefficient (Wildman–Crippen LogP) is 3.06. The molecule has 0 aliphatic carbocycles. The molecule has 8 nitrogen and oxygen atoms in total. The third-order valence-electron chi connectivity index (χ3n) is 5.00. The molecule has 0 fully saturated rings. The minimum atomic E-state index is -3.80. The zero-order valence-corrected chi connectivity index (χ0v) is 20.8. The second kappa shape index (κ2) is 11.9. The number of benzene rings is 2. The molecule has 2 amide bonds. The van der Waals surface area contributed by atoms with Crippen LogP contribution >= 0.6 is 11.6 Å². The van der Waals surface area contributed by atoms with Gasteiger partial charge in [-0.3, -0.25) is 13.9 Å². The summed E-state index contributed by atoms with van der Waals surface area (Å²) < 4.78 is 31.1. The van der Waals surface area contributed by atoms with Gasteiger partial charge in [-0.2, -0.15) is 0 Å². The molecular formula is C23H30ClN3O5S. The smallest absolute Gasteiger partial charge is 0.244 e. The predicted molar refractivity (Wildman–Crippen MR) is 130 cm³/mol. The number of hydrogen-bond acceptors (Lipinski definition) is 5. The summed E-state index contributed by atoms with van der Waals surface area (Å²) in [7, 11) is -2.24. The maximum atomic E-state index is 13.4. The van der Waals surface area contributed by atoms with Crippen LogP contribution in [0.1, 0.15) is 25.8 Å². The lowest BCUT2D eigenvalue weighted by molar-refractivity contribution is -0.139. The number of hydrogen-bond donors (Lipinski definition) is 1. The van der Waals surface area contributed by atoms with E-state index in [0.29, 0.717) is 17.3 Å². The van der Waals surface area contributed by atoms with Crippen LogP contribution in [0, 0.1) is 0 Å². The van der Waals surface area contributed by atoms with Gasteiger partial charge in [0.2, 0.25) is 21.8 Å². The maximum absolute atomic E-state index is 13.4. The molecule has 33 heavy (non-hydrogen) atoms. The van der Waals surface area contributed by atoms with Crippen molar-refractivity contribution in [1.82, 2.24) is 10.2 Å². The molecular weight excluding hydrogens is 466 g/mol. The molecule has 180 valence electrons. The lowest BCUT2D eigenvalue weighted by Crippen LogP contribution is -2.51. The number of anilines is 1. The van der Waals surface area contributed by atoms with Crippen LogP contribution in [-0.4, -0.2) is 57.6 Å². The molecule has 0 heterocycles. The molecule has 0 saturated heterocycles. The van der Waals surface area contributed by atoms with Gasteiger partial charge in [0.15, 0.2) is 0 Å². The van der Waals surface area contributed by atoms with E-state index in [1.165, 1.54) is 11.0 Å². The molecule has 2 aromatic carbocycles. The summed E-state index contributed by atoms with van der Waals surface area (Å²) in [6, 6.07) is 12.5. The van der Waals surface area contributed by atoms with E-state index in [4.69, 9.17) is 16.3 Å². The number of nitrogens with one attached hydrogen (secondary N) is 1. The Morgan fingerprint density at radius 3 is 2.36 bits per heavy atom. The summed E-state index contributed by atoms with van der Waals surface area (Å²) in [6.45, 7) is 3.68. The van der Waals surface area contributed by atoms with Gasteiger partial charge in [0.05, 0.1) is 19.1 Å². The molecule has 1 atom stereocenters. The van der Waals surface area contributed by atoms with Crippen LogP contribution in [0.3, 0.4) is 0 Å². The van der Waals surface area contributed by atoms with Crippen LogP contribution in [0.25, 0.3) is 0 Å². The van der Waals surface area contributed by atoms with Gasteiger partial charge in [0.1, 0.15) is 18.3 Å². The first-order chi connectivity index (χ1) is 15.6. The van der Waals surface area contributed by atoms with Crippen LogP contribution in [0.5, 0.6) is 5.75 Å². The Bertz CT molecular complexity index is 1060. The van der Waals surface area contributed by atoms with Gasteiger partial charge in [-0.25, -0.2) is 8.42 Å². The van der Waals surface area contributed by atoms with Gasteiger partial charge in [-0.15, -0.1) is 0 Å². The lowest BCUT2D eigenvalue weighted by atomic mass is 10.1. The summed E-state index contributed by atoms with van der Waals surface area (Å²) >= 11 is 6.03. The first kappa shape index (κ1) is 26.5. The van der Waals surface area contributed by atoms with E-state index in [1.54, 1.807) is 56.5 Å². The summed E-state index contributed by atoms with van der Waals surface area (Å²) in [6.07, 6.45) is 1.77. The van der Waals surface area contributed by atoms with Crippen molar-refractivity contribution in [3.05, 3.63) is 59.1 Å². The van der Waals surface area contributed by atoms with Crippen LogP contribution in [0.15, 0.2) is 48.5 Å². The highest BCUT2D eigenvalue weighted by Gasteiger charge is 2.30. The Kier molecular flexibility index (Phi) is 9.55. The molecule has 0 aliphatic rings. The Morgan fingerprint density at radius 2 is 1.82 bits per heavy atom. The van der Waals surface area contributed by atoms with Crippen molar-refractivity contribution in [3.63, 3.8) is 0 Å². The van der Waals surface area contributed by atoms with Crippen LogP contribution in [-0.2, 0) is 26.2 Å². The number of halogens is 1. The molecule has 0 saturated carbocycles. The molecule has 0 aromatic heterocycles. The number of amides is 2. The molecule has 0 radical (unpaired) electrons. The van der Waals surface area contributed by atoms with E-state index < -0.39 is 28.5 Å². The van der Waals surface area contributed by atoms with E-state index >= 15 is 0 Å². The van der Waals surface area contributed by atoms with Gasteiger partial charge in [-0.1, -0.05) is 36.7 Å². The number of carbonyl (C=O) groups excluding carboxylic acids is 2. The molecule has 0 bridgehead atoms. The summed E-state index contributed by atoms with van der Waals surface area (Å²) in [5, 5.41) is 3.14. The van der Waals surface area contributed by atoms with Crippen molar-refractivity contribution in [2.24, 2.45) is 0 Å². The van der Waals surface area contributed by atoms with E-state index in [0.717, 1.165) is 22.5 Å². The van der Waals surface area contributed by atoms with Crippen LogP contribution < -0.4 is 14.4 Å². The van der Waals surface area contributed by atoms with Gasteiger partial charge in [0, 0.05) is 18.1 Å². The van der Waals surface area contributed by atoms with Gasteiger partial charge in [-0.05, 0) is 49.2 Å². The lowest BCUT2D eigenvalue weighted by Gasteiger charge is -2.31. The van der Waals surface area contributed by atoms with E-state index in [9.17, 15) is 18.0 Å². The van der Waals surface area contributed by atoms with Gasteiger partial charge in [0.25, 0.3) is 0 Å². The minimum absolute atomic E-state index is 0.122. The molecule has 0 unspecified atom stereocenters.